The van der Waals surface area contributed by atoms with Crippen LogP contribution in [-0.2, 0) is 19.6 Å². The Morgan fingerprint density at radius 2 is 1.31 bits per heavy atom. The third kappa shape index (κ3) is 5.33. The molecule has 14 nitrogen and oxygen atoms in total. The van der Waals surface area contributed by atoms with Crippen LogP contribution >= 0.6 is 0 Å². The van der Waals surface area contributed by atoms with E-state index in [-0.39, 0.29) is 5.56 Å². The predicted molar refractivity (Wildman–Crippen MR) is 152 cm³/mol. The van der Waals surface area contributed by atoms with E-state index in [9.17, 15) is 56.2 Å². The van der Waals surface area contributed by atoms with Crippen molar-refractivity contribution in [1.29, 1.82) is 0 Å². The third-order valence-electron chi connectivity index (χ3n) is 8.60. The van der Waals surface area contributed by atoms with Crippen LogP contribution < -0.4 is 0 Å². The van der Waals surface area contributed by atoms with Crippen molar-refractivity contribution >= 4 is 0 Å². The van der Waals surface area contributed by atoms with Gasteiger partial charge in [-0.25, -0.2) is 0 Å². The first kappa shape index (κ1) is 33.0. The van der Waals surface area contributed by atoms with Crippen molar-refractivity contribution < 1.29 is 70.4 Å². The third-order valence-corrected chi connectivity index (χ3v) is 8.60. The van der Waals surface area contributed by atoms with Gasteiger partial charge in [0.2, 0.25) is 11.5 Å². The Labute approximate surface area is 256 Å². The molecule has 0 aliphatic carbocycles. The summed E-state index contributed by atoms with van der Waals surface area (Å²) in [5, 5.41) is 118. The number of aromatic hydroxyl groups is 3. The van der Waals surface area contributed by atoms with Gasteiger partial charge in [-0.1, -0.05) is 66.7 Å². The highest BCUT2D eigenvalue weighted by atomic mass is 16.8. The highest BCUT2D eigenvalue weighted by Crippen LogP contribution is 2.52. The molecule has 0 radical (unpaired) electrons. The Kier molecular flexibility index (Phi) is 9.38. The molecule has 10 atom stereocenters. The molecule has 45 heavy (non-hydrogen) atoms. The number of phenolic OH excluding ortho intramolecular Hbond substituents is 3. The van der Waals surface area contributed by atoms with Crippen LogP contribution in [0.5, 0.6) is 17.2 Å². The zero-order valence-electron chi connectivity index (χ0n) is 23.7. The number of aliphatic hydroxyl groups excluding tert-OH is 8. The first-order valence-corrected chi connectivity index (χ1v) is 14.1. The second kappa shape index (κ2) is 12.8. The Bertz CT molecular complexity index is 1400. The van der Waals surface area contributed by atoms with Crippen LogP contribution in [0.4, 0.5) is 0 Å². The molecule has 3 aromatic rings. The highest BCUT2D eigenvalue weighted by Gasteiger charge is 2.60. The van der Waals surface area contributed by atoms with E-state index in [0.717, 1.165) is 6.07 Å². The maximum absolute atomic E-state index is 12.4. The van der Waals surface area contributed by atoms with Crippen molar-refractivity contribution in [1.82, 2.24) is 0 Å². The number of benzene rings is 3. The van der Waals surface area contributed by atoms with E-state index in [1.807, 2.05) is 0 Å². The largest absolute Gasteiger partial charge is 0.504 e. The SMILES string of the molecule is OC[C@H]1OC(CO)(O[C@H]2O[C@H](C(O)C(c3ccccc3)(c3ccccc3)c3ccc(O)c(O)c3O)[C@@H](O)[C@H](O)[C@H]2O)[C@@H](O)[C@@H]1O. The molecule has 0 bridgehead atoms. The Balaban J connectivity index is 1.66. The minimum absolute atomic E-state index is 0.146. The molecule has 2 saturated heterocycles. The first-order chi connectivity index (χ1) is 21.4. The van der Waals surface area contributed by atoms with Crippen molar-refractivity contribution in [2.24, 2.45) is 0 Å². The summed E-state index contributed by atoms with van der Waals surface area (Å²) in [6.45, 7) is -1.89. The molecule has 244 valence electrons. The summed E-state index contributed by atoms with van der Waals surface area (Å²) < 4.78 is 16.9. The summed E-state index contributed by atoms with van der Waals surface area (Å²) in [4.78, 5) is 0. The minimum Gasteiger partial charge on any atom is -0.504 e. The number of hydrogen-bond acceptors (Lipinski definition) is 14. The number of hydrogen-bond donors (Lipinski definition) is 11. The summed E-state index contributed by atoms with van der Waals surface area (Å²) in [7, 11) is 0. The van der Waals surface area contributed by atoms with Crippen LogP contribution in [0, 0.1) is 0 Å². The predicted octanol–water partition coefficient (Wildman–Crippen LogP) is -1.88. The molecule has 0 aromatic heterocycles. The average molecular weight is 633 g/mol. The highest BCUT2D eigenvalue weighted by molar-refractivity contribution is 5.63. The first-order valence-electron chi connectivity index (χ1n) is 14.1. The van der Waals surface area contributed by atoms with Crippen LogP contribution in [0.25, 0.3) is 0 Å². The molecular formula is C31H36O14. The summed E-state index contributed by atoms with van der Waals surface area (Å²) in [6, 6.07) is 18.6. The van der Waals surface area contributed by atoms with E-state index in [0.29, 0.717) is 11.1 Å². The lowest BCUT2D eigenvalue weighted by molar-refractivity contribution is -0.388. The Morgan fingerprint density at radius 1 is 0.733 bits per heavy atom. The van der Waals surface area contributed by atoms with E-state index >= 15 is 0 Å². The summed E-state index contributed by atoms with van der Waals surface area (Å²) in [5.74, 6) is -4.83. The topological polar surface area (TPSA) is 250 Å². The van der Waals surface area contributed by atoms with Gasteiger partial charge in [-0.3, -0.25) is 0 Å². The van der Waals surface area contributed by atoms with Crippen LogP contribution in [0.2, 0.25) is 0 Å². The molecular weight excluding hydrogens is 596 g/mol. The van der Waals surface area contributed by atoms with Crippen LogP contribution in [-0.4, -0.2) is 130 Å². The number of aliphatic hydroxyl groups is 8. The molecule has 0 amide bonds. The van der Waals surface area contributed by atoms with E-state index in [2.05, 4.69) is 0 Å². The lowest BCUT2D eigenvalue weighted by Gasteiger charge is -2.49. The van der Waals surface area contributed by atoms with Gasteiger partial charge in [-0.05, 0) is 17.2 Å². The van der Waals surface area contributed by atoms with Gasteiger partial charge < -0.3 is 70.4 Å². The summed E-state index contributed by atoms with van der Waals surface area (Å²) >= 11 is 0. The molecule has 11 N–H and O–H groups in total. The van der Waals surface area contributed by atoms with Gasteiger partial charge >= 0.3 is 0 Å². The van der Waals surface area contributed by atoms with E-state index in [4.69, 9.17) is 14.2 Å². The molecule has 2 unspecified atom stereocenters. The van der Waals surface area contributed by atoms with Crippen molar-refractivity contribution in [3.05, 3.63) is 89.5 Å². The van der Waals surface area contributed by atoms with Crippen LogP contribution in [0.1, 0.15) is 16.7 Å². The fourth-order valence-corrected chi connectivity index (χ4v) is 6.21. The van der Waals surface area contributed by atoms with Gasteiger partial charge in [0.1, 0.15) is 55.4 Å². The van der Waals surface area contributed by atoms with Crippen LogP contribution in [0.3, 0.4) is 0 Å². The van der Waals surface area contributed by atoms with Gasteiger partial charge in [-0.15, -0.1) is 0 Å². The summed E-state index contributed by atoms with van der Waals surface area (Å²) in [5.41, 5.74) is -1.47. The molecule has 2 heterocycles. The maximum atomic E-state index is 12.4. The maximum Gasteiger partial charge on any atom is 0.224 e. The van der Waals surface area contributed by atoms with Gasteiger partial charge in [0, 0.05) is 5.56 Å². The monoisotopic (exact) mass is 632 g/mol. The molecule has 14 heteroatoms. The number of ether oxygens (including phenoxy) is 3. The van der Waals surface area contributed by atoms with Crippen molar-refractivity contribution in [2.75, 3.05) is 13.2 Å². The molecule has 5 rings (SSSR count). The standard InChI is InChI=1S/C31H36O14/c32-13-19-22(37)27(41)30(14-33,44-19)45-29-25(40)23(38)24(39)26(43-29)28(42)31(15-7-3-1-4-8-15,16-9-5-2-6-10-16)17-11-12-18(34)21(36)20(17)35/h1-12,19,22-29,32-42H,13-14H2/t19-,22-,23+,24+,25-,26+,27+,28?,29-,30?/m1/s1. The lowest BCUT2D eigenvalue weighted by atomic mass is 9.63. The smallest absolute Gasteiger partial charge is 0.224 e. The normalized spacial score (nSPS) is 32.8. The van der Waals surface area contributed by atoms with Crippen molar-refractivity contribution in [3.8, 4) is 17.2 Å². The van der Waals surface area contributed by atoms with Gasteiger partial charge in [0.15, 0.2) is 17.8 Å². The quantitative estimate of drug-likeness (QED) is 0.0913. The van der Waals surface area contributed by atoms with E-state index < -0.39 is 96.8 Å². The van der Waals surface area contributed by atoms with Crippen molar-refractivity contribution in [3.63, 3.8) is 0 Å². The average Bonchev–Trinajstić information content (AvgIpc) is 3.31. The molecule has 0 saturated carbocycles. The lowest BCUT2D eigenvalue weighted by Crippen LogP contribution is -2.66. The second-order valence-corrected chi connectivity index (χ2v) is 11.1. The Morgan fingerprint density at radius 3 is 1.82 bits per heavy atom. The summed E-state index contributed by atoms with van der Waals surface area (Å²) in [6.07, 6.45) is -17.1. The van der Waals surface area contributed by atoms with E-state index in [1.54, 1.807) is 60.7 Å². The second-order valence-electron chi connectivity index (χ2n) is 11.1. The fourth-order valence-electron chi connectivity index (χ4n) is 6.21. The molecule has 3 aromatic carbocycles. The van der Waals surface area contributed by atoms with Gasteiger partial charge in [-0.2, -0.15) is 0 Å². The van der Waals surface area contributed by atoms with Crippen LogP contribution in [0.15, 0.2) is 72.8 Å². The zero-order chi connectivity index (χ0) is 32.7. The Hall–Kier alpha value is -3.38. The molecule has 2 aliphatic rings. The van der Waals surface area contributed by atoms with Gasteiger partial charge in [0.05, 0.1) is 12.0 Å². The molecule has 2 aliphatic heterocycles. The molecule has 2 fully saturated rings. The number of rotatable bonds is 9. The van der Waals surface area contributed by atoms with Crippen molar-refractivity contribution in [2.45, 2.75) is 66.3 Å². The fraction of sp³-hybridized carbons (Fsp3) is 0.419. The molecule has 0 spiro atoms. The minimum atomic E-state index is -2.47. The van der Waals surface area contributed by atoms with Gasteiger partial charge in [0.25, 0.3) is 0 Å². The van der Waals surface area contributed by atoms with E-state index in [1.165, 1.54) is 6.07 Å². The number of phenols is 3. The zero-order valence-corrected chi connectivity index (χ0v) is 23.7.